The zero-order valence-corrected chi connectivity index (χ0v) is 25.5. The van der Waals surface area contributed by atoms with Crippen molar-refractivity contribution in [3.63, 3.8) is 0 Å². The average molecular weight is 624 g/mol. The number of rotatable bonds is 21. The van der Waals surface area contributed by atoms with E-state index in [9.17, 15) is 22.8 Å². The van der Waals surface area contributed by atoms with Crippen molar-refractivity contribution < 1.29 is 46.6 Å². The lowest BCUT2D eigenvalue weighted by Crippen LogP contribution is -2.55. The summed E-state index contributed by atoms with van der Waals surface area (Å²) in [6, 6.07) is 16.3. The Morgan fingerprint density at radius 3 is 2.09 bits per heavy atom. The predicted molar refractivity (Wildman–Crippen MR) is 156 cm³/mol. The van der Waals surface area contributed by atoms with Gasteiger partial charge in [0.05, 0.1) is 38.5 Å². The lowest BCUT2D eigenvalue weighted by molar-refractivity contribution is -0.169. The third-order valence-electron chi connectivity index (χ3n) is 5.74. The molecule has 0 saturated heterocycles. The molecule has 0 bridgehead atoms. The molecule has 1 unspecified atom stereocenters. The van der Waals surface area contributed by atoms with E-state index in [1.165, 1.54) is 7.11 Å². The largest absolute Gasteiger partial charge is 0.384 e. The second-order valence-electron chi connectivity index (χ2n) is 9.16. The van der Waals surface area contributed by atoms with Crippen LogP contribution in [0.1, 0.15) is 31.4 Å². The molecule has 2 aromatic rings. The second-order valence-corrected chi connectivity index (χ2v) is 10.8. The maximum atomic E-state index is 13.7. The molecule has 0 aromatic heterocycles. The van der Waals surface area contributed by atoms with E-state index in [2.05, 4.69) is 5.32 Å². The highest BCUT2D eigenvalue weighted by Crippen LogP contribution is 2.09. The van der Waals surface area contributed by atoms with E-state index in [1.807, 2.05) is 35.2 Å². The van der Waals surface area contributed by atoms with Crippen LogP contribution in [0.5, 0.6) is 0 Å². The molecule has 238 valence electrons. The predicted octanol–water partition coefficient (Wildman–Crippen LogP) is 1.53. The number of ether oxygens (including phenoxy) is 4. The lowest BCUT2D eigenvalue weighted by atomic mass is 10.2. The highest BCUT2D eigenvalue weighted by atomic mass is 32.2. The van der Waals surface area contributed by atoms with Crippen LogP contribution < -0.4 is 10.2 Å². The second kappa shape index (κ2) is 19.9. The molecule has 0 aliphatic rings. The first kappa shape index (κ1) is 36.0. The Morgan fingerprint density at radius 1 is 0.907 bits per heavy atom. The Balaban J connectivity index is 2.14. The number of amides is 3. The molecular formula is C29H41N3O10S. The summed E-state index contributed by atoms with van der Waals surface area (Å²) >= 11 is 0. The molecule has 3 amide bonds. The lowest BCUT2D eigenvalue weighted by Gasteiger charge is -2.29. The van der Waals surface area contributed by atoms with E-state index in [0.717, 1.165) is 10.5 Å². The van der Waals surface area contributed by atoms with Gasteiger partial charge in [-0.1, -0.05) is 65.5 Å². The number of sulfonamides is 1. The van der Waals surface area contributed by atoms with E-state index < -0.39 is 46.7 Å². The number of carbonyl (C=O) groups is 3. The SMILES string of the molecule is CCOC(CN(C(=O)CCOC)C(=O)C(COCc1ccccc1)NC(=O)CONS(=O)(=O)Cc1ccccc1)OCC. The average Bonchev–Trinajstić information content (AvgIpc) is 2.98. The van der Waals surface area contributed by atoms with Gasteiger partial charge in [0.15, 0.2) is 6.29 Å². The Bertz CT molecular complexity index is 1210. The number of imide groups is 1. The third kappa shape index (κ3) is 14.2. The smallest absolute Gasteiger partial charge is 0.254 e. The van der Waals surface area contributed by atoms with Crippen LogP contribution in [0.25, 0.3) is 0 Å². The number of nitrogens with one attached hydrogen (secondary N) is 2. The summed E-state index contributed by atoms with van der Waals surface area (Å²) in [7, 11) is -2.49. The molecule has 1 atom stereocenters. The molecule has 13 nitrogen and oxygen atoms in total. The molecule has 0 aliphatic heterocycles. The summed E-state index contributed by atoms with van der Waals surface area (Å²) < 4.78 is 46.5. The molecule has 0 aliphatic carbocycles. The van der Waals surface area contributed by atoms with E-state index in [0.29, 0.717) is 5.56 Å². The van der Waals surface area contributed by atoms with Crippen molar-refractivity contribution in [1.29, 1.82) is 0 Å². The number of methoxy groups -OCH3 is 1. The van der Waals surface area contributed by atoms with E-state index in [4.69, 9.17) is 23.8 Å². The van der Waals surface area contributed by atoms with E-state index in [-0.39, 0.29) is 51.8 Å². The van der Waals surface area contributed by atoms with Crippen LogP contribution in [0.3, 0.4) is 0 Å². The molecule has 0 fully saturated rings. The van der Waals surface area contributed by atoms with Crippen molar-refractivity contribution in [3.8, 4) is 0 Å². The molecule has 2 N–H and O–H groups in total. The van der Waals surface area contributed by atoms with Gasteiger partial charge in [0, 0.05) is 20.3 Å². The van der Waals surface area contributed by atoms with Gasteiger partial charge in [0.25, 0.3) is 5.91 Å². The fraction of sp³-hybridized carbons (Fsp3) is 0.483. The molecule has 0 spiro atoms. The number of carbonyl (C=O) groups excluding carboxylic acids is 3. The summed E-state index contributed by atoms with van der Waals surface area (Å²) in [6.07, 6.45) is -1.00. The first-order chi connectivity index (χ1) is 20.7. The van der Waals surface area contributed by atoms with Gasteiger partial charge in [-0.05, 0) is 25.0 Å². The van der Waals surface area contributed by atoms with Crippen LogP contribution in [0.4, 0.5) is 0 Å². The van der Waals surface area contributed by atoms with Crippen LogP contribution >= 0.6 is 0 Å². The molecule has 14 heteroatoms. The molecule has 2 aromatic carbocycles. The summed E-state index contributed by atoms with van der Waals surface area (Å²) in [4.78, 5) is 47.3. The third-order valence-corrected chi connectivity index (χ3v) is 6.83. The Hall–Kier alpha value is -3.24. The molecule has 2 rings (SSSR count). The van der Waals surface area contributed by atoms with Crippen molar-refractivity contribution >= 4 is 27.7 Å². The van der Waals surface area contributed by atoms with Crippen molar-refractivity contribution in [1.82, 2.24) is 15.1 Å². The minimum absolute atomic E-state index is 0.0645. The standard InChI is InChI=1S/C29H41N3O10S/c1-4-40-28(41-5-2)18-32(27(34)16-17-38-3)29(35)25(20-39-19-23-12-8-6-9-13-23)30-26(33)21-42-31-43(36,37)22-24-14-10-7-11-15-24/h6-15,25,28,31H,4-5,16-22H2,1-3H3,(H,30,33). The van der Waals surface area contributed by atoms with Crippen LogP contribution in [0.2, 0.25) is 0 Å². The van der Waals surface area contributed by atoms with Gasteiger partial charge in [-0.2, -0.15) is 0 Å². The van der Waals surface area contributed by atoms with Crippen LogP contribution in [-0.4, -0.2) is 90.1 Å². The van der Waals surface area contributed by atoms with Crippen LogP contribution in [0, 0.1) is 0 Å². The Labute approximate surface area is 252 Å². The van der Waals surface area contributed by atoms with Crippen LogP contribution in [0.15, 0.2) is 60.7 Å². The summed E-state index contributed by atoms with van der Waals surface area (Å²) in [6.45, 7) is 2.98. The minimum atomic E-state index is -3.91. The molecular weight excluding hydrogens is 582 g/mol. The fourth-order valence-corrected chi connectivity index (χ4v) is 4.72. The highest BCUT2D eigenvalue weighted by Gasteiger charge is 2.32. The van der Waals surface area contributed by atoms with Crippen molar-refractivity contribution in [3.05, 3.63) is 71.8 Å². The van der Waals surface area contributed by atoms with Gasteiger partial charge in [-0.15, -0.1) is 0 Å². The van der Waals surface area contributed by atoms with Crippen molar-refractivity contribution in [2.75, 3.05) is 46.7 Å². The zero-order valence-electron chi connectivity index (χ0n) is 24.7. The highest BCUT2D eigenvalue weighted by molar-refractivity contribution is 7.88. The maximum absolute atomic E-state index is 13.7. The number of hydrogen-bond acceptors (Lipinski definition) is 10. The quantitative estimate of drug-likeness (QED) is 0.154. The summed E-state index contributed by atoms with van der Waals surface area (Å²) in [5.74, 6) is -2.51. The number of nitrogens with zero attached hydrogens (tertiary/aromatic N) is 1. The van der Waals surface area contributed by atoms with Gasteiger partial charge < -0.3 is 24.3 Å². The van der Waals surface area contributed by atoms with Crippen molar-refractivity contribution in [2.24, 2.45) is 0 Å². The topological polar surface area (TPSA) is 159 Å². The summed E-state index contributed by atoms with van der Waals surface area (Å²) in [5, 5.41) is 2.49. The maximum Gasteiger partial charge on any atom is 0.254 e. The normalized spacial score (nSPS) is 12.2. The van der Waals surface area contributed by atoms with E-state index >= 15 is 0 Å². The van der Waals surface area contributed by atoms with Gasteiger partial charge >= 0.3 is 0 Å². The van der Waals surface area contributed by atoms with Gasteiger partial charge in [-0.25, -0.2) is 8.42 Å². The van der Waals surface area contributed by atoms with Crippen molar-refractivity contribution in [2.45, 2.75) is 45.0 Å². The molecule has 0 heterocycles. The molecule has 0 radical (unpaired) electrons. The van der Waals surface area contributed by atoms with E-state index in [1.54, 1.807) is 44.2 Å². The first-order valence-electron chi connectivity index (χ1n) is 13.8. The van der Waals surface area contributed by atoms with Gasteiger partial charge in [-0.3, -0.25) is 24.1 Å². The minimum Gasteiger partial charge on any atom is -0.384 e. The fourth-order valence-electron chi connectivity index (χ4n) is 3.79. The Kier molecular flexibility index (Phi) is 16.6. The molecule has 43 heavy (non-hydrogen) atoms. The first-order valence-corrected chi connectivity index (χ1v) is 15.5. The number of hydrogen-bond donors (Lipinski definition) is 2. The molecule has 0 saturated carbocycles. The van der Waals surface area contributed by atoms with Crippen LogP contribution in [-0.2, 0) is 60.6 Å². The zero-order chi connectivity index (χ0) is 31.5. The number of benzene rings is 2. The summed E-state index contributed by atoms with van der Waals surface area (Å²) in [5.41, 5.74) is 1.36. The Morgan fingerprint density at radius 2 is 1.51 bits per heavy atom. The van der Waals surface area contributed by atoms with Gasteiger partial charge in [0.1, 0.15) is 12.6 Å². The van der Waals surface area contributed by atoms with Gasteiger partial charge in [0.2, 0.25) is 21.8 Å². The monoisotopic (exact) mass is 623 g/mol.